The third kappa shape index (κ3) is 5.81. The average Bonchev–Trinajstić information content (AvgIpc) is 4.04. The summed E-state index contributed by atoms with van der Waals surface area (Å²) in [5, 5.41) is 9.77. The third-order valence-electron chi connectivity index (χ3n) is 11.5. The molecule has 0 radical (unpaired) electrons. The minimum absolute atomic E-state index is 0.583. The van der Waals surface area contributed by atoms with Crippen molar-refractivity contribution in [1.29, 1.82) is 5.26 Å². The van der Waals surface area contributed by atoms with Crippen molar-refractivity contribution in [2.45, 2.75) is 99.1 Å². The van der Waals surface area contributed by atoms with Crippen molar-refractivity contribution < 1.29 is 0 Å². The molecule has 0 aliphatic heterocycles. The zero-order valence-corrected chi connectivity index (χ0v) is 35.4. The molecule has 0 spiro atoms. The van der Waals surface area contributed by atoms with E-state index in [-0.39, 0.29) is 0 Å². The molecule has 2 atom stereocenters. The van der Waals surface area contributed by atoms with Gasteiger partial charge >= 0.3 is 0 Å². The number of hydrogen-bond acceptors (Lipinski definition) is 10. The highest BCUT2D eigenvalue weighted by Gasteiger charge is 2.28. The van der Waals surface area contributed by atoms with Crippen LogP contribution in [-0.4, -0.2) is 26.6 Å². The first-order valence-electron chi connectivity index (χ1n) is 19.4. The molecule has 2 aromatic carbocycles. The molecular weight excluding hydrogens is 763 g/mol. The van der Waals surface area contributed by atoms with Gasteiger partial charge < -0.3 is 9.13 Å². The van der Waals surface area contributed by atoms with Gasteiger partial charge in [0.15, 0.2) is 0 Å². The fourth-order valence-electron chi connectivity index (χ4n) is 8.29. The first-order chi connectivity index (χ1) is 26.5. The van der Waals surface area contributed by atoms with Crippen LogP contribution in [0.15, 0.2) is 36.4 Å². The van der Waals surface area contributed by atoms with Crippen molar-refractivity contribution in [3.8, 4) is 27.0 Å². The molecule has 7 nitrogen and oxygen atoms in total. The van der Waals surface area contributed by atoms with Gasteiger partial charge in [0, 0.05) is 34.0 Å². The van der Waals surface area contributed by atoms with E-state index in [2.05, 4.69) is 93.3 Å². The zero-order chi connectivity index (χ0) is 37.1. The number of fused-ring (bicyclic) bond motifs is 9. The molecule has 7 heterocycles. The number of aryl methyl sites for hydroxylation is 1. The molecule has 9 rings (SSSR count). The van der Waals surface area contributed by atoms with Crippen LogP contribution in [-0.2, 0) is 13.1 Å². The van der Waals surface area contributed by atoms with Crippen molar-refractivity contribution in [2.24, 2.45) is 11.8 Å². The maximum atomic E-state index is 9.77. The molecule has 0 amide bonds. The van der Waals surface area contributed by atoms with Gasteiger partial charge in [0.2, 0.25) is 0 Å². The lowest BCUT2D eigenvalue weighted by Gasteiger charge is -2.19. The second-order valence-corrected chi connectivity index (χ2v) is 19.0. The van der Waals surface area contributed by atoms with Crippen LogP contribution in [0.1, 0.15) is 90.2 Å². The molecule has 12 heteroatoms. The number of thiophene rings is 3. The largest absolute Gasteiger partial charge is 0.337 e. The molecular formula is C42H43N7S5. The van der Waals surface area contributed by atoms with Crippen molar-refractivity contribution in [3.05, 3.63) is 47.5 Å². The Morgan fingerprint density at radius 2 is 1.13 bits per heavy atom. The summed E-state index contributed by atoms with van der Waals surface area (Å²) in [6.45, 7) is 13.5. The Bertz CT molecular complexity index is 2850. The Kier molecular flexibility index (Phi) is 9.81. The molecule has 0 fully saturated rings. The van der Waals surface area contributed by atoms with E-state index in [0.717, 1.165) is 41.6 Å². The minimum atomic E-state index is 0.583. The molecule has 0 aliphatic rings. The summed E-state index contributed by atoms with van der Waals surface area (Å²) in [4.78, 5) is 2.46. The summed E-state index contributed by atoms with van der Waals surface area (Å²) in [7, 11) is 0. The lowest BCUT2D eigenvalue weighted by molar-refractivity contribution is 0.398. The first-order valence-corrected chi connectivity index (χ1v) is 23.3. The number of hydrogen-bond donors (Lipinski definition) is 0. The highest BCUT2D eigenvalue weighted by atomic mass is 32.1. The maximum absolute atomic E-state index is 9.77. The van der Waals surface area contributed by atoms with Gasteiger partial charge in [0.05, 0.1) is 69.9 Å². The van der Waals surface area contributed by atoms with E-state index in [9.17, 15) is 5.26 Å². The quantitative estimate of drug-likeness (QED) is 0.109. The Hall–Kier alpha value is -3.73. The molecule has 9 aromatic rings. The van der Waals surface area contributed by atoms with E-state index in [0.29, 0.717) is 22.9 Å². The molecule has 2 unspecified atom stereocenters. The van der Waals surface area contributed by atoms with Crippen LogP contribution >= 0.6 is 57.5 Å². The Morgan fingerprint density at radius 1 is 0.630 bits per heavy atom. The number of benzene rings is 2. The summed E-state index contributed by atoms with van der Waals surface area (Å²) >= 11 is 8.28. The average molecular weight is 806 g/mol. The van der Waals surface area contributed by atoms with Crippen molar-refractivity contribution in [3.63, 3.8) is 0 Å². The van der Waals surface area contributed by atoms with Crippen molar-refractivity contribution >= 4 is 120 Å². The normalized spacial score (nSPS) is 13.5. The second kappa shape index (κ2) is 14.7. The fourth-order valence-corrected chi connectivity index (χ4v) is 13.4. The highest BCUT2D eigenvalue weighted by Crippen LogP contribution is 2.52. The molecule has 0 saturated heterocycles. The number of aromatic nitrogens is 6. The van der Waals surface area contributed by atoms with Crippen LogP contribution in [0.4, 0.5) is 0 Å². The van der Waals surface area contributed by atoms with Gasteiger partial charge in [0.1, 0.15) is 28.1 Å². The number of rotatable bonds is 14. The molecule has 0 saturated carbocycles. The van der Waals surface area contributed by atoms with Crippen LogP contribution < -0.4 is 0 Å². The smallest absolute Gasteiger partial charge is 0.123 e. The first kappa shape index (κ1) is 35.9. The predicted octanol–water partition coefficient (Wildman–Crippen LogP) is 14.0. The van der Waals surface area contributed by atoms with Gasteiger partial charge in [-0.15, -0.1) is 34.0 Å². The summed E-state index contributed by atoms with van der Waals surface area (Å²) in [5.74, 6) is 1.22. The predicted molar refractivity (Wildman–Crippen MR) is 235 cm³/mol. The topological polar surface area (TPSA) is 85.2 Å². The lowest BCUT2D eigenvalue weighted by atomic mass is 9.99. The number of nitrogens with zero attached hydrogens (tertiary/aromatic N) is 7. The minimum Gasteiger partial charge on any atom is -0.337 e. The molecule has 0 aliphatic carbocycles. The molecule has 0 N–H and O–H groups in total. The number of nitriles is 1. The fraction of sp³-hybridized carbons (Fsp3) is 0.405. The Balaban J connectivity index is 1.31. The van der Waals surface area contributed by atoms with Crippen LogP contribution in [0.2, 0.25) is 0 Å². The number of unbranched alkanes of at least 4 members (excludes halogenated alkanes) is 2. The standard InChI is InChI=1S/C42H43N7S5/c1-6-10-12-24(8-3)21-48-29-18-31(27-16-14-23(5)33-35(27)46-53-44-33)50-39(29)41-37(48)38-42(52-41)40-30(49(38)22-25(9-4)13-11-7-2)19-32(51-40)28-17-15-26(20-43)34-36(28)47-54-45-34/h14-19,24-25H,6-13,21-22H2,1-5H3. The van der Waals surface area contributed by atoms with Gasteiger partial charge in [-0.3, -0.25) is 0 Å². The van der Waals surface area contributed by atoms with Gasteiger partial charge in [-0.1, -0.05) is 78.4 Å². The van der Waals surface area contributed by atoms with E-state index in [4.69, 9.17) is 4.37 Å². The van der Waals surface area contributed by atoms with Gasteiger partial charge in [-0.05, 0) is 61.4 Å². The maximum Gasteiger partial charge on any atom is 0.123 e. The van der Waals surface area contributed by atoms with E-state index >= 15 is 0 Å². The SMILES string of the molecule is CCCCC(CC)Cn1c2cc(-c3ccc(C)c4nsnc34)sc2c2sc3c4sc(-c5ccc(C#N)c6nsnc56)cc4n(CC(CC)CCCC)c3c21. The summed E-state index contributed by atoms with van der Waals surface area (Å²) in [6.07, 6.45) is 9.79. The lowest BCUT2D eigenvalue weighted by Crippen LogP contribution is -2.12. The van der Waals surface area contributed by atoms with Crippen LogP contribution in [0.3, 0.4) is 0 Å². The van der Waals surface area contributed by atoms with E-state index in [1.54, 1.807) is 0 Å². The van der Waals surface area contributed by atoms with Crippen molar-refractivity contribution in [1.82, 2.24) is 26.6 Å². The molecule has 54 heavy (non-hydrogen) atoms. The molecule has 0 bridgehead atoms. The zero-order valence-electron chi connectivity index (χ0n) is 31.4. The van der Waals surface area contributed by atoms with Crippen LogP contribution in [0, 0.1) is 30.1 Å². The molecule has 276 valence electrons. The van der Waals surface area contributed by atoms with Crippen LogP contribution in [0.5, 0.6) is 0 Å². The van der Waals surface area contributed by atoms with Crippen molar-refractivity contribution in [2.75, 3.05) is 0 Å². The van der Waals surface area contributed by atoms with E-state index < -0.39 is 0 Å². The van der Waals surface area contributed by atoms with E-state index in [1.807, 2.05) is 40.1 Å². The monoisotopic (exact) mass is 805 g/mol. The Labute approximate surface area is 335 Å². The second-order valence-electron chi connectivity index (χ2n) is 14.8. The van der Waals surface area contributed by atoms with Gasteiger partial charge in [-0.2, -0.15) is 22.8 Å². The van der Waals surface area contributed by atoms with Crippen LogP contribution in [0.25, 0.3) is 83.8 Å². The van der Waals surface area contributed by atoms with E-state index in [1.165, 1.54) is 130 Å². The van der Waals surface area contributed by atoms with Gasteiger partial charge in [0.25, 0.3) is 0 Å². The van der Waals surface area contributed by atoms with Gasteiger partial charge in [-0.25, -0.2) is 0 Å². The summed E-state index contributed by atoms with van der Waals surface area (Å²) in [5.41, 5.74) is 13.1. The highest BCUT2D eigenvalue weighted by molar-refractivity contribution is 7.35. The summed E-state index contributed by atoms with van der Waals surface area (Å²) in [6, 6.07) is 15.6. The Morgan fingerprint density at radius 3 is 1.65 bits per heavy atom. The summed E-state index contributed by atoms with van der Waals surface area (Å²) < 4.78 is 29.6. The third-order valence-corrected chi connectivity index (χ3v) is 16.3. The molecule has 7 aromatic heterocycles.